The lowest BCUT2D eigenvalue weighted by Crippen LogP contribution is -2.07. The molecule has 0 radical (unpaired) electrons. The molecular weight excluding hydrogens is 256 g/mol. The summed E-state index contributed by atoms with van der Waals surface area (Å²) in [5.74, 6) is 0.226. The Hall–Kier alpha value is -1.94. The highest BCUT2D eigenvalue weighted by molar-refractivity contribution is 8.13. The summed E-state index contributed by atoms with van der Waals surface area (Å²) in [5.41, 5.74) is 1.83. The van der Waals surface area contributed by atoms with E-state index < -0.39 is 0 Å². The number of thioether (sulfide) groups is 1. The number of amidine groups is 1. The quantitative estimate of drug-likeness (QED) is 0.508. The molecule has 0 unspecified atom stereocenters. The van der Waals surface area contributed by atoms with Gasteiger partial charge in [-0.2, -0.15) is 0 Å². The molecule has 0 saturated heterocycles. The van der Waals surface area contributed by atoms with Crippen molar-refractivity contribution in [3.8, 4) is 5.75 Å². The summed E-state index contributed by atoms with van der Waals surface area (Å²) >= 11 is 1.52. The van der Waals surface area contributed by atoms with Crippen LogP contribution < -0.4 is 5.32 Å². The van der Waals surface area contributed by atoms with Crippen molar-refractivity contribution >= 4 is 22.6 Å². The number of anilines is 1. The fourth-order valence-corrected chi connectivity index (χ4v) is 2.00. The molecule has 0 aromatic heterocycles. The van der Waals surface area contributed by atoms with E-state index in [-0.39, 0.29) is 5.75 Å². The molecule has 0 aliphatic rings. The second-order valence-corrected chi connectivity index (χ2v) is 4.75. The van der Waals surface area contributed by atoms with Gasteiger partial charge in [-0.25, -0.2) is 0 Å². The van der Waals surface area contributed by atoms with Gasteiger partial charge < -0.3 is 10.4 Å². The molecule has 98 valence electrons. The minimum atomic E-state index is 0.226. The third-order valence-corrected chi connectivity index (χ3v) is 3.20. The predicted molar refractivity (Wildman–Crippen MR) is 82.8 cm³/mol. The molecule has 4 heteroatoms. The maximum Gasteiger partial charge on any atom is 0.161 e. The van der Waals surface area contributed by atoms with Gasteiger partial charge in [-0.1, -0.05) is 54.2 Å². The normalized spacial score (nSPS) is 11.3. The zero-order chi connectivity index (χ0) is 13.5. The van der Waals surface area contributed by atoms with E-state index in [4.69, 9.17) is 0 Å². The fourth-order valence-electron chi connectivity index (χ4n) is 1.60. The highest BCUT2D eigenvalue weighted by Crippen LogP contribution is 2.22. The number of benzene rings is 2. The number of aliphatic imine (C=N–C) groups is 1. The molecule has 19 heavy (non-hydrogen) atoms. The van der Waals surface area contributed by atoms with Crippen molar-refractivity contribution in [1.29, 1.82) is 0 Å². The van der Waals surface area contributed by atoms with E-state index in [0.29, 0.717) is 12.2 Å². The zero-order valence-electron chi connectivity index (χ0n) is 10.7. The van der Waals surface area contributed by atoms with Gasteiger partial charge in [0, 0.05) is 0 Å². The molecule has 3 nitrogen and oxygen atoms in total. The number of para-hydroxylation sites is 2. The highest BCUT2D eigenvalue weighted by atomic mass is 32.2. The SMILES string of the molecule is CSC(=NCc1ccccc1)Nc1ccccc1O. The molecule has 2 aromatic carbocycles. The molecule has 0 heterocycles. The van der Waals surface area contributed by atoms with Crippen LogP contribution in [0.25, 0.3) is 0 Å². The lowest BCUT2D eigenvalue weighted by atomic mass is 10.2. The number of phenols is 1. The van der Waals surface area contributed by atoms with E-state index >= 15 is 0 Å². The highest BCUT2D eigenvalue weighted by Gasteiger charge is 2.02. The van der Waals surface area contributed by atoms with Crippen LogP contribution in [0.5, 0.6) is 5.75 Å². The number of phenolic OH excluding ortho intramolecular Hbond substituents is 1. The van der Waals surface area contributed by atoms with Crippen LogP contribution >= 0.6 is 11.8 Å². The van der Waals surface area contributed by atoms with E-state index in [1.54, 1.807) is 12.1 Å². The number of aromatic hydroxyl groups is 1. The van der Waals surface area contributed by atoms with Gasteiger partial charge in [0.2, 0.25) is 0 Å². The fraction of sp³-hybridized carbons (Fsp3) is 0.133. The standard InChI is InChI=1S/C15H16N2OS/c1-19-15(16-11-12-7-3-2-4-8-12)17-13-9-5-6-10-14(13)18/h2-10,18H,11H2,1H3,(H,16,17). The third kappa shape index (κ3) is 4.03. The molecule has 2 N–H and O–H groups in total. The van der Waals surface area contributed by atoms with Crippen LogP contribution in [-0.4, -0.2) is 16.5 Å². The zero-order valence-corrected chi connectivity index (χ0v) is 11.5. The maximum atomic E-state index is 9.71. The van der Waals surface area contributed by atoms with Crippen molar-refractivity contribution in [3.63, 3.8) is 0 Å². The molecule has 0 amide bonds. The lowest BCUT2D eigenvalue weighted by Gasteiger charge is -2.09. The Bertz CT molecular complexity index is 555. The van der Waals surface area contributed by atoms with Crippen molar-refractivity contribution < 1.29 is 5.11 Å². The first kappa shape index (κ1) is 13.5. The van der Waals surface area contributed by atoms with Gasteiger partial charge in [-0.05, 0) is 24.0 Å². The van der Waals surface area contributed by atoms with Gasteiger partial charge in [0.25, 0.3) is 0 Å². The summed E-state index contributed by atoms with van der Waals surface area (Å²) < 4.78 is 0. The maximum absolute atomic E-state index is 9.71. The van der Waals surface area contributed by atoms with E-state index in [2.05, 4.69) is 10.3 Å². The molecular formula is C15H16N2OS. The summed E-state index contributed by atoms with van der Waals surface area (Å²) in [6.45, 7) is 0.623. The van der Waals surface area contributed by atoms with Crippen molar-refractivity contribution in [2.75, 3.05) is 11.6 Å². The van der Waals surface area contributed by atoms with Gasteiger partial charge in [0.15, 0.2) is 5.17 Å². The Morgan fingerprint density at radius 3 is 2.47 bits per heavy atom. The Morgan fingerprint density at radius 2 is 1.79 bits per heavy atom. The molecule has 0 bridgehead atoms. The van der Waals surface area contributed by atoms with Crippen molar-refractivity contribution in [3.05, 3.63) is 60.2 Å². The molecule has 2 rings (SSSR count). The second-order valence-electron chi connectivity index (χ2n) is 3.95. The Morgan fingerprint density at radius 1 is 1.11 bits per heavy atom. The van der Waals surface area contributed by atoms with Gasteiger partial charge in [0.1, 0.15) is 5.75 Å². The second kappa shape index (κ2) is 6.85. The Labute approximate surface area is 117 Å². The minimum Gasteiger partial charge on any atom is -0.506 e. The van der Waals surface area contributed by atoms with Gasteiger partial charge in [-0.15, -0.1) is 0 Å². The largest absolute Gasteiger partial charge is 0.506 e. The number of nitrogens with one attached hydrogen (secondary N) is 1. The van der Waals surface area contributed by atoms with Crippen molar-refractivity contribution in [1.82, 2.24) is 0 Å². The van der Waals surface area contributed by atoms with Crippen LogP contribution in [0, 0.1) is 0 Å². The number of hydrogen-bond donors (Lipinski definition) is 2. The summed E-state index contributed by atoms with van der Waals surface area (Å²) in [5, 5.41) is 13.6. The van der Waals surface area contributed by atoms with Gasteiger partial charge >= 0.3 is 0 Å². The van der Waals surface area contributed by atoms with Gasteiger partial charge in [-0.3, -0.25) is 4.99 Å². The first-order chi connectivity index (χ1) is 9.29. The minimum absolute atomic E-state index is 0.226. The first-order valence-corrected chi connectivity index (χ1v) is 7.19. The predicted octanol–water partition coefficient (Wildman–Crippen LogP) is 3.72. The molecule has 0 saturated carbocycles. The van der Waals surface area contributed by atoms with E-state index in [1.165, 1.54) is 11.8 Å². The van der Waals surface area contributed by atoms with Crippen LogP contribution in [0.4, 0.5) is 5.69 Å². The monoisotopic (exact) mass is 272 g/mol. The number of rotatable bonds is 3. The van der Waals surface area contributed by atoms with Crippen LogP contribution in [0.1, 0.15) is 5.56 Å². The summed E-state index contributed by atoms with van der Waals surface area (Å²) in [7, 11) is 0. The summed E-state index contributed by atoms with van der Waals surface area (Å²) in [6, 6.07) is 17.2. The van der Waals surface area contributed by atoms with E-state index in [9.17, 15) is 5.11 Å². The third-order valence-electron chi connectivity index (χ3n) is 2.59. The molecule has 0 aliphatic heterocycles. The Balaban J connectivity index is 2.06. The van der Waals surface area contributed by atoms with Crippen LogP contribution in [0.3, 0.4) is 0 Å². The topological polar surface area (TPSA) is 44.6 Å². The lowest BCUT2D eigenvalue weighted by molar-refractivity contribution is 0.478. The molecule has 0 aliphatic carbocycles. The average Bonchev–Trinajstić information content (AvgIpc) is 2.46. The first-order valence-electron chi connectivity index (χ1n) is 5.97. The van der Waals surface area contributed by atoms with Crippen LogP contribution in [0.2, 0.25) is 0 Å². The Kier molecular flexibility index (Phi) is 4.86. The van der Waals surface area contributed by atoms with Crippen molar-refractivity contribution in [2.24, 2.45) is 4.99 Å². The summed E-state index contributed by atoms with van der Waals surface area (Å²) in [4.78, 5) is 4.51. The number of nitrogens with zero attached hydrogens (tertiary/aromatic N) is 1. The van der Waals surface area contributed by atoms with Crippen molar-refractivity contribution in [2.45, 2.75) is 6.54 Å². The average molecular weight is 272 g/mol. The molecule has 0 spiro atoms. The molecule has 0 fully saturated rings. The van der Waals surface area contributed by atoms with Crippen LogP contribution in [0.15, 0.2) is 59.6 Å². The summed E-state index contributed by atoms with van der Waals surface area (Å²) in [6.07, 6.45) is 1.96. The number of hydrogen-bond acceptors (Lipinski definition) is 3. The molecule has 0 atom stereocenters. The smallest absolute Gasteiger partial charge is 0.161 e. The van der Waals surface area contributed by atoms with E-state index in [1.807, 2.05) is 48.7 Å². The van der Waals surface area contributed by atoms with Gasteiger partial charge in [0.05, 0.1) is 12.2 Å². The van der Waals surface area contributed by atoms with E-state index in [0.717, 1.165) is 10.7 Å². The van der Waals surface area contributed by atoms with Crippen LogP contribution in [-0.2, 0) is 6.54 Å². The molecule has 2 aromatic rings.